The second kappa shape index (κ2) is 24.1. The van der Waals surface area contributed by atoms with Crippen LogP contribution < -0.4 is 32.4 Å². The minimum atomic E-state index is -0.683. The maximum atomic E-state index is 14.7. The van der Waals surface area contributed by atoms with Crippen LogP contribution in [-0.2, 0) is 19.1 Å². The summed E-state index contributed by atoms with van der Waals surface area (Å²) >= 11 is 14.1. The fourth-order valence-electron chi connectivity index (χ4n) is 8.12. The molecule has 6 aromatic rings. The van der Waals surface area contributed by atoms with E-state index < -0.39 is 59.6 Å². The van der Waals surface area contributed by atoms with E-state index in [4.69, 9.17) is 42.9 Å². The number of aromatic nitrogens is 2. The van der Waals surface area contributed by atoms with Gasteiger partial charge in [0.15, 0.2) is 0 Å². The van der Waals surface area contributed by atoms with Gasteiger partial charge in [-0.2, -0.15) is 0 Å². The summed E-state index contributed by atoms with van der Waals surface area (Å²) in [7, 11) is 0. The SMILES string of the molecule is O=C(N[C@H]1C[C@@H](C(=O)Nc2ccc(-n3ccccc3=O)cc2F)C[C@@H]1OCCO)c1ccc(Cl)s1.O=C(N[C@H]1C[C@H](C(=O)Nc2ccc(-n3ccccc3=O)cc2F)C[C@@H]1OCCO)c1ccc(Cl)s1. The van der Waals surface area contributed by atoms with E-state index in [-0.39, 0.29) is 73.6 Å². The van der Waals surface area contributed by atoms with Gasteiger partial charge in [-0.3, -0.25) is 37.9 Å². The van der Waals surface area contributed by atoms with Crippen LogP contribution in [0.25, 0.3) is 11.4 Å². The Hall–Kier alpha value is -6.10. The number of nitrogens with zero attached hydrogens (tertiary/aromatic N) is 2. The average molecular weight is 1040 g/mol. The van der Waals surface area contributed by atoms with Crippen molar-refractivity contribution in [1.82, 2.24) is 19.8 Å². The van der Waals surface area contributed by atoms with Crippen LogP contribution in [0.15, 0.2) is 119 Å². The Labute approximate surface area is 416 Å². The van der Waals surface area contributed by atoms with Gasteiger partial charge in [0.25, 0.3) is 22.9 Å². The summed E-state index contributed by atoms with van der Waals surface area (Å²) in [6.45, 7) is -0.274. The first-order valence-corrected chi connectivity index (χ1v) is 24.2. The molecule has 0 radical (unpaired) electrons. The smallest absolute Gasteiger partial charge is 0.261 e. The standard InChI is InChI=1S/2C24H23ClFN3O5S/c2*25-21-7-6-20(35-21)24(33)28-18-11-14(12-19(18)34-10-9-30)23(32)27-17-5-4-15(13-16(17)26)29-8-2-1-3-22(29)31/h2*1-8,13-14,18-19,30H,9-12H2,(H,27,32)(H,28,33)/t14-,18+,19+;14-,18-,19-/m10/s1. The summed E-state index contributed by atoms with van der Waals surface area (Å²) < 4.78 is 44.4. The molecular weight excluding hydrogens is 994 g/mol. The summed E-state index contributed by atoms with van der Waals surface area (Å²) in [6.07, 6.45) is 3.22. The predicted molar refractivity (Wildman–Crippen MR) is 262 cm³/mol. The number of carbonyl (C=O) groups excluding carboxylic acids is 4. The molecule has 2 fully saturated rings. The van der Waals surface area contributed by atoms with Gasteiger partial charge in [-0.1, -0.05) is 35.3 Å². The zero-order chi connectivity index (χ0) is 49.9. The molecular formula is C48H46Cl2F2N6O10S2. The van der Waals surface area contributed by atoms with E-state index in [1.165, 1.54) is 70.1 Å². The van der Waals surface area contributed by atoms with Crippen LogP contribution in [0, 0.1) is 23.5 Å². The minimum absolute atomic E-state index is 0.0173. The quantitative estimate of drug-likeness (QED) is 0.0624. The van der Waals surface area contributed by atoms with Crippen molar-refractivity contribution in [1.29, 1.82) is 0 Å². The number of benzene rings is 2. The third kappa shape index (κ3) is 13.2. The van der Waals surface area contributed by atoms with Gasteiger partial charge in [0, 0.05) is 48.5 Å². The van der Waals surface area contributed by atoms with Crippen LogP contribution in [0.4, 0.5) is 20.2 Å². The molecule has 368 valence electrons. The summed E-state index contributed by atoms with van der Waals surface area (Å²) in [5.41, 5.74) is 0.0252. The Kier molecular flexibility index (Phi) is 17.9. The lowest BCUT2D eigenvalue weighted by Gasteiger charge is -2.20. The highest BCUT2D eigenvalue weighted by atomic mass is 35.5. The van der Waals surface area contributed by atoms with Crippen molar-refractivity contribution in [2.75, 3.05) is 37.1 Å². The molecule has 0 saturated heterocycles. The average Bonchev–Trinajstić information content (AvgIpc) is 4.17. The predicted octanol–water partition coefficient (Wildman–Crippen LogP) is 6.43. The van der Waals surface area contributed by atoms with Crippen molar-refractivity contribution in [3.63, 3.8) is 0 Å². The van der Waals surface area contributed by atoms with Crippen LogP contribution in [0.2, 0.25) is 8.67 Å². The molecule has 2 aliphatic rings. The highest BCUT2D eigenvalue weighted by Gasteiger charge is 2.41. The number of aliphatic hydroxyl groups excluding tert-OH is 2. The molecule has 2 saturated carbocycles. The van der Waals surface area contributed by atoms with Crippen LogP contribution in [0.5, 0.6) is 0 Å². The van der Waals surface area contributed by atoms with E-state index in [0.717, 1.165) is 22.7 Å². The molecule has 6 N–H and O–H groups in total. The van der Waals surface area contributed by atoms with Crippen LogP contribution >= 0.6 is 45.9 Å². The van der Waals surface area contributed by atoms with Gasteiger partial charge in [-0.05, 0) is 86.3 Å². The molecule has 0 spiro atoms. The third-order valence-electron chi connectivity index (χ3n) is 11.4. The number of amides is 4. The van der Waals surface area contributed by atoms with Crippen LogP contribution in [0.1, 0.15) is 45.0 Å². The van der Waals surface area contributed by atoms with Crippen molar-refractivity contribution in [3.05, 3.63) is 160 Å². The number of carbonyl (C=O) groups is 4. The zero-order valence-corrected chi connectivity index (χ0v) is 40.0. The molecule has 0 aliphatic heterocycles. The van der Waals surface area contributed by atoms with Gasteiger partial charge in [0.2, 0.25) is 11.8 Å². The summed E-state index contributed by atoms with van der Waals surface area (Å²) in [5, 5.41) is 29.2. The number of halogens is 4. The maximum absolute atomic E-state index is 14.7. The largest absolute Gasteiger partial charge is 0.394 e. The van der Waals surface area contributed by atoms with Gasteiger partial charge in [0.1, 0.15) is 11.6 Å². The minimum Gasteiger partial charge on any atom is -0.394 e. The molecule has 4 amide bonds. The number of nitrogens with one attached hydrogen (secondary N) is 4. The number of thiophene rings is 2. The number of pyridine rings is 2. The first kappa shape index (κ1) is 51.7. The normalized spacial score (nSPS) is 19.5. The molecule has 70 heavy (non-hydrogen) atoms. The fourth-order valence-corrected chi connectivity index (χ4v) is 10.0. The Bertz CT molecular complexity index is 2750. The summed E-state index contributed by atoms with van der Waals surface area (Å²) in [6, 6.07) is 23.0. The lowest BCUT2D eigenvalue weighted by atomic mass is 10.1. The molecule has 4 aromatic heterocycles. The van der Waals surface area contributed by atoms with E-state index in [0.29, 0.717) is 42.6 Å². The number of hydrogen-bond donors (Lipinski definition) is 6. The highest BCUT2D eigenvalue weighted by molar-refractivity contribution is 7.18. The molecule has 6 atom stereocenters. The highest BCUT2D eigenvalue weighted by Crippen LogP contribution is 2.33. The van der Waals surface area contributed by atoms with Crippen LogP contribution in [0.3, 0.4) is 0 Å². The van der Waals surface area contributed by atoms with Gasteiger partial charge >= 0.3 is 0 Å². The van der Waals surface area contributed by atoms with Crippen molar-refractivity contribution >= 4 is 80.9 Å². The molecule has 22 heteroatoms. The molecule has 0 unspecified atom stereocenters. The molecule has 8 rings (SSSR count). The lowest BCUT2D eigenvalue weighted by molar-refractivity contribution is -0.120. The fraction of sp³-hybridized carbons (Fsp3) is 0.292. The topological polar surface area (TPSA) is 219 Å². The van der Waals surface area contributed by atoms with E-state index in [1.54, 1.807) is 48.5 Å². The Morgan fingerprint density at radius 2 is 1.01 bits per heavy atom. The molecule has 2 aromatic carbocycles. The van der Waals surface area contributed by atoms with Gasteiger partial charge in [-0.25, -0.2) is 8.78 Å². The number of anilines is 2. The zero-order valence-electron chi connectivity index (χ0n) is 36.9. The molecule has 0 bridgehead atoms. The number of aliphatic hydroxyl groups is 2. The first-order valence-electron chi connectivity index (χ1n) is 21.9. The molecule has 4 heterocycles. The van der Waals surface area contributed by atoms with Gasteiger partial charge < -0.3 is 41.0 Å². The summed E-state index contributed by atoms with van der Waals surface area (Å²) in [5.74, 6) is -3.96. The van der Waals surface area contributed by atoms with Crippen LogP contribution in [-0.4, -0.2) is 93.7 Å². The Morgan fingerprint density at radius 1 is 0.600 bits per heavy atom. The Balaban J connectivity index is 0.000000206. The van der Waals surface area contributed by atoms with Crippen molar-refractivity contribution in [2.24, 2.45) is 11.8 Å². The number of rotatable bonds is 16. The second-order valence-electron chi connectivity index (χ2n) is 16.1. The van der Waals surface area contributed by atoms with E-state index in [1.807, 2.05) is 0 Å². The third-order valence-corrected chi connectivity index (χ3v) is 13.9. The monoisotopic (exact) mass is 1040 g/mol. The van der Waals surface area contributed by atoms with Crippen molar-refractivity contribution in [2.45, 2.75) is 50.0 Å². The van der Waals surface area contributed by atoms with E-state index >= 15 is 0 Å². The maximum Gasteiger partial charge on any atom is 0.261 e. The van der Waals surface area contributed by atoms with Crippen molar-refractivity contribution in [3.8, 4) is 11.4 Å². The molecule has 16 nitrogen and oxygen atoms in total. The lowest BCUT2D eigenvalue weighted by Crippen LogP contribution is -2.41. The van der Waals surface area contributed by atoms with Gasteiger partial charge in [-0.15, -0.1) is 22.7 Å². The second-order valence-corrected chi connectivity index (χ2v) is 19.5. The van der Waals surface area contributed by atoms with Gasteiger partial charge in [0.05, 0.1) is 91.9 Å². The summed E-state index contributed by atoms with van der Waals surface area (Å²) in [4.78, 5) is 75.9. The number of ether oxygens (including phenoxy) is 2. The van der Waals surface area contributed by atoms with E-state index in [2.05, 4.69) is 21.3 Å². The molecule has 2 aliphatic carbocycles. The van der Waals surface area contributed by atoms with E-state index in [9.17, 15) is 37.5 Å². The number of hydrogen-bond acceptors (Lipinski definition) is 12. The first-order chi connectivity index (χ1) is 33.7. The van der Waals surface area contributed by atoms with Crippen molar-refractivity contribution < 1.29 is 47.6 Å². The Morgan fingerprint density at radius 3 is 1.36 bits per heavy atom.